The number of benzene rings is 1. The van der Waals surface area contributed by atoms with Gasteiger partial charge in [-0.3, -0.25) is 4.79 Å². The lowest BCUT2D eigenvalue weighted by molar-refractivity contribution is -0.130. The Morgan fingerprint density at radius 3 is 2.84 bits per heavy atom. The summed E-state index contributed by atoms with van der Waals surface area (Å²) >= 11 is 0. The fourth-order valence-electron chi connectivity index (χ4n) is 4.01. The van der Waals surface area contributed by atoms with Gasteiger partial charge in [0, 0.05) is 25.4 Å². The average molecular weight is 365 g/mol. The number of likely N-dealkylation sites (tertiary alicyclic amines) is 1. The summed E-state index contributed by atoms with van der Waals surface area (Å²) in [6.45, 7) is 1.76. The molecule has 0 N–H and O–H groups in total. The molecule has 0 spiro atoms. The maximum absolute atomic E-state index is 12.5. The van der Waals surface area contributed by atoms with E-state index >= 15 is 0 Å². The molecule has 25 heavy (non-hydrogen) atoms. The third kappa shape index (κ3) is 3.61. The second-order valence-corrected chi connectivity index (χ2v) is 9.47. The standard InChI is InChI=1S/C18H23NO5S/c20-18(4-1-13-6-8-25(21,22)11-13)19-7-5-15(10-19)14-2-3-16-17(9-14)24-12-23-16/h2-3,9,13,15H,1,4-8,10-12H2. The van der Waals surface area contributed by atoms with Crippen LogP contribution in [0.2, 0.25) is 0 Å². The first-order chi connectivity index (χ1) is 12.0. The van der Waals surface area contributed by atoms with Crippen molar-refractivity contribution in [3.05, 3.63) is 23.8 Å². The van der Waals surface area contributed by atoms with Gasteiger partial charge >= 0.3 is 0 Å². The maximum atomic E-state index is 12.5. The van der Waals surface area contributed by atoms with Crippen LogP contribution in [0.5, 0.6) is 11.5 Å². The van der Waals surface area contributed by atoms with Crippen molar-refractivity contribution in [3.63, 3.8) is 0 Å². The summed E-state index contributed by atoms with van der Waals surface area (Å²) in [5, 5.41) is 0. The van der Waals surface area contributed by atoms with Crippen LogP contribution in [0.25, 0.3) is 0 Å². The van der Waals surface area contributed by atoms with E-state index in [1.807, 2.05) is 17.0 Å². The highest BCUT2D eigenvalue weighted by Crippen LogP contribution is 2.37. The van der Waals surface area contributed by atoms with Gasteiger partial charge in [0.15, 0.2) is 21.3 Å². The molecule has 0 saturated carbocycles. The highest BCUT2D eigenvalue weighted by atomic mass is 32.2. The summed E-state index contributed by atoms with van der Waals surface area (Å²) in [5.74, 6) is 2.71. The molecule has 7 heteroatoms. The quantitative estimate of drug-likeness (QED) is 0.815. The first-order valence-corrected chi connectivity index (χ1v) is 10.7. The van der Waals surface area contributed by atoms with Gasteiger partial charge in [-0.05, 0) is 42.9 Å². The zero-order valence-corrected chi connectivity index (χ0v) is 15.0. The Kier molecular flexibility index (Phi) is 4.35. The zero-order valence-electron chi connectivity index (χ0n) is 14.1. The molecule has 136 valence electrons. The first kappa shape index (κ1) is 16.7. The second kappa shape index (κ2) is 6.52. The van der Waals surface area contributed by atoms with Crippen LogP contribution in [0.3, 0.4) is 0 Å². The van der Waals surface area contributed by atoms with Gasteiger partial charge in [0.05, 0.1) is 11.5 Å². The molecule has 1 aromatic carbocycles. The minimum absolute atomic E-state index is 0.146. The van der Waals surface area contributed by atoms with E-state index in [1.54, 1.807) is 0 Å². The van der Waals surface area contributed by atoms with Crippen molar-refractivity contribution < 1.29 is 22.7 Å². The summed E-state index contributed by atoms with van der Waals surface area (Å²) < 4.78 is 33.8. The predicted molar refractivity (Wildman–Crippen MR) is 92.5 cm³/mol. The van der Waals surface area contributed by atoms with Crippen LogP contribution in [-0.2, 0) is 14.6 Å². The van der Waals surface area contributed by atoms with Gasteiger partial charge in [-0.15, -0.1) is 0 Å². The Bertz CT molecular complexity index is 776. The fraction of sp³-hybridized carbons (Fsp3) is 0.611. The Balaban J connectivity index is 1.30. The predicted octanol–water partition coefficient (Wildman–Crippen LogP) is 1.95. The lowest BCUT2D eigenvalue weighted by atomic mass is 9.98. The Hall–Kier alpha value is -1.76. The van der Waals surface area contributed by atoms with Crippen LogP contribution in [0, 0.1) is 5.92 Å². The topological polar surface area (TPSA) is 72.9 Å². The van der Waals surface area contributed by atoms with Gasteiger partial charge in [-0.25, -0.2) is 8.42 Å². The number of amides is 1. The van der Waals surface area contributed by atoms with Gasteiger partial charge in [-0.2, -0.15) is 0 Å². The molecule has 4 rings (SSSR count). The molecule has 0 aromatic heterocycles. The smallest absolute Gasteiger partial charge is 0.231 e. The van der Waals surface area contributed by atoms with Crippen molar-refractivity contribution in [1.82, 2.24) is 4.90 Å². The normalized spacial score (nSPS) is 27.0. The molecular formula is C18H23NO5S. The van der Waals surface area contributed by atoms with Gasteiger partial charge in [0.1, 0.15) is 0 Å². The van der Waals surface area contributed by atoms with Crippen LogP contribution >= 0.6 is 0 Å². The Morgan fingerprint density at radius 1 is 1.20 bits per heavy atom. The van der Waals surface area contributed by atoms with Crippen molar-refractivity contribution in [2.75, 3.05) is 31.4 Å². The van der Waals surface area contributed by atoms with Crippen LogP contribution in [0.1, 0.15) is 37.2 Å². The molecule has 3 aliphatic rings. The zero-order chi connectivity index (χ0) is 17.4. The highest BCUT2D eigenvalue weighted by Gasteiger charge is 2.31. The molecule has 2 unspecified atom stereocenters. The third-order valence-corrected chi connectivity index (χ3v) is 7.34. The summed E-state index contributed by atoms with van der Waals surface area (Å²) in [5.41, 5.74) is 1.18. The minimum Gasteiger partial charge on any atom is -0.454 e. The number of rotatable bonds is 4. The summed E-state index contributed by atoms with van der Waals surface area (Å²) in [6, 6.07) is 6.00. The monoisotopic (exact) mass is 365 g/mol. The van der Waals surface area contributed by atoms with Crippen LogP contribution in [-0.4, -0.2) is 50.6 Å². The molecule has 6 nitrogen and oxygen atoms in total. The van der Waals surface area contributed by atoms with E-state index in [-0.39, 0.29) is 30.1 Å². The van der Waals surface area contributed by atoms with Gasteiger partial charge < -0.3 is 14.4 Å². The van der Waals surface area contributed by atoms with E-state index in [0.717, 1.165) is 31.0 Å². The van der Waals surface area contributed by atoms with Crippen LogP contribution < -0.4 is 9.47 Å². The second-order valence-electron chi connectivity index (χ2n) is 7.25. The molecule has 1 aromatic rings. The molecule has 0 radical (unpaired) electrons. The van der Waals surface area contributed by atoms with E-state index in [0.29, 0.717) is 25.2 Å². The van der Waals surface area contributed by atoms with Crippen molar-refractivity contribution >= 4 is 15.7 Å². The SMILES string of the molecule is O=C(CCC1CCS(=O)(=O)C1)N1CCC(c2ccc3c(c2)OCO3)C1. The minimum atomic E-state index is -2.86. The van der Waals surface area contributed by atoms with Crippen molar-refractivity contribution in [2.45, 2.75) is 31.6 Å². The number of hydrogen-bond donors (Lipinski definition) is 0. The largest absolute Gasteiger partial charge is 0.454 e. The maximum Gasteiger partial charge on any atom is 0.231 e. The van der Waals surface area contributed by atoms with Crippen molar-refractivity contribution in [3.8, 4) is 11.5 Å². The van der Waals surface area contributed by atoms with E-state index in [4.69, 9.17) is 9.47 Å². The molecular weight excluding hydrogens is 342 g/mol. The van der Waals surface area contributed by atoms with E-state index in [2.05, 4.69) is 6.07 Å². The third-order valence-electron chi connectivity index (χ3n) is 5.50. The molecule has 1 amide bonds. The van der Waals surface area contributed by atoms with Gasteiger partial charge in [0.2, 0.25) is 12.7 Å². The number of carbonyl (C=O) groups excluding carboxylic acids is 1. The number of carbonyl (C=O) groups is 1. The van der Waals surface area contributed by atoms with Crippen molar-refractivity contribution in [1.29, 1.82) is 0 Å². The summed E-state index contributed by atoms with van der Waals surface area (Å²) in [4.78, 5) is 14.4. The fourth-order valence-corrected chi connectivity index (χ4v) is 5.92. The average Bonchev–Trinajstić information content (AvgIpc) is 3.31. The highest BCUT2D eigenvalue weighted by molar-refractivity contribution is 7.91. The summed E-state index contributed by atoms with van der Waals surface area (Å²) in [6.07, 6.45) is 2.79. The molecule has 2 saturated heterocycles. The van der Waals surface area contributed by atoms with Crippen molar-refractivity contribution in [2.24, 2.45) is 5.92 Å². The number of nitrogens with zero attached hydrogens (tertiary/aromatic N) is 1. The van der Waals surface area contributed by atoms with E-state index < -0.39 is 9.84 Å². The molecule has 0 bridgehead atoms. The molecule has 3 heterocycles. The Morgan fingerprint density at radius 2 is 2.04 bits per heavy atom. The molecule has 2 atom stereocenters. The number of hydrogen-bond acceptors (Lipinski definition) is 5. The number of ether oxygens (including phenoxy) is 2. The number of sulfone groups is 1. The van der Waals surface area contributed by atoms with Crippen LogP contribution in [0.15, 0.2) is 18.2 Å². The molecule has 2 fully saturated rings. The molecule has 3 aliphatic heterocycles. The lowest BCUT2D eigenvalue weighted by Crippen LogP contribution is -2.28. The number of fused-ring (bicyclic) bond motifs is 1. The van der Waals surface area contributed by atoms with Crippen LogP contribution in [0.4, 0.5) is 0 Å². The van der Waals surface area contributed by atoms with E-state index in [9.17, 15) is 13.2 Å². The van der Waals surface area contributed by atoms with Gasteiger partial charge in [0.25, 0.3) is 0 Å². The lowest BCUT2D eigenvalue weighted by Gasteiger charge is -2.18. The van der Waals surface area contributed by atoms with Gasteiger partial charge in [-0.1, -0.05) is 6.07 Å². The first-order valence-electron chi connectivity index (χ1n) is 8.88. The van der Waals surface area contributed by atoms with E-state index in [1.165, 1.54) is 5.56 Å². The summed E-state index contributed by atoms with van der Waals surface area (Å²) in [7, 11) is -2.86. The molecule has 0 aliphatic carbocycles. The Labute approximate surface area is 148 Å².